The molecule has 0 aliphatic carbocycles. The molecule has 0 aliphatic heterocycles. The van der Waals surface area contributed by atoms with Gasteiger partial charge in [-0.1, -0.05) is 68.4 Å². The van der Waals surface area contributed by atoms with E-state index in [4.69, 9.17) is 12.2 Å². The fraction of sp³-hybridized carbons (Fsp3) is 0.381. The second-order valence-electron chi connectivity index (χ2n) is 6.12. The van der Waals surface area contributed by atoms with Crippen molar-refractivity contribution in [2.24, 2.45) is 0 Å². The fourth-order valence-electron chi connectivity index (χ4n) is 2.68. The summed E-state index contributed by atoms with van der Waals surface area (Å²) in [6.45, 7) is 9.19. The second kappa shape index (κ2) is 10.9. The number of thiocarbonyl (C=S) groups is 1. The summed E-state index contributed by atoms with van der Waals surface area (Å²) < 4.78 is 0. The maximum atomic E-state index is 5.35. The molecule has 0 spiro atoms. The molecule has 0 saturated carbocycles. The quantitative estimate of drug-likeness (QED) is 0.670. The van der Waals surface area contributed by atoms with Gasteiger partial charge in [-0.25, -0.2) is 0 Å². The molecule has 0 aliphatic rings. The molecule has 0 amide bonds. The lowest BCUT2D eigenvalue weighted by Crippen LogP contribution is -2.35. The van der Waals surface area contributed by atoms with Crippen molar-refractivity contribution in [2.45, 2.75) is 33.4 Å². The van der Waals surface area contributed by atoms with Gasteiger partial charge in [0.15, 0.2) is 5.11 Å². The van der Waals surface area contributed by atoms with Gasteiger partial charge in [-0.2, -0.15) is 0 Å². The summed E-state index contributed by atoms with van der Waals surface area (Å²) in [6, 6.07) is 19.2. The van der Waals surface area contributed by atoms with Gasteiger partial charge < -0.3 is 10.6 Å². The zero-order valence-electron chi connectivity index (χ0n) is 15.3. The Hall–Kier alpha value is -1.91. The third-order valence-corrected chi connectivity index (χ3v) is 4.61. The van der Waals surface area contributed by atoms with Crippen LogP contribution in [-0.4, -0.2) is 29.6 Å². The van der Waals surface area contributed by atoms with E-state index in [1.807, 2.05) is 6.07 Å². The van der Waals surface area contributed by atoms with Gasteiger partial charge >= 0.3 is 0 Å². The second-order valence-corrected chi connectivity index (χ2v) is 6.53. The van der Waals surface area contributed by atoms with Crippen molar-refractivity contribution in [3.63, 3.8) is 0 Å². The molecular weight excluding hydrogens is 326 g/mol. The summed E-state index contributed by atoms with van der Waals surface area (Å²) in [5, 5.41) is 7.26. The lowest BCUT2D eigenvalue weighted by atomic mass is 10.1. The Bertz CT molecular complexity index is 621. The lowest BCUT2D eigenvalue weighted by Gasteiger charge is -2.18. The number of nitrogens with one attached hydrogen (secondary N) is 2. The van der Waals surface area contributed by atoms with Crippen LogP contribution in [0.1, 0.15) is 30.5 Å². The number of nitrogens with zero attached hydrogens (tertiary/aromatic N) is 1. The number of benzene rings is 2. The maximum absolute atomic E-state index is 5.35. The predicted octanol–water partition coefficient (Wildman–Crippen LogP) is 3.74. The Morgan fingerprint density at radius 2 is 1.48 bits per heavy atom. The van der Waals surface area contributed by atoms with Crippen molar-refractivity contribution in [3.05, 3.63) is 71.3 Å². The number of hydrogen-bond acceptors (Lipinski definition) is 2. The first-order chi connectivity index (χ1) is 12.2. The fourth-order valence-corrected chi connectivity index (χ4v) is 2.85. The standard InChI is InChI=1S/C21H29N3S/c1-3-24(4-2)17-20-12-10-19(11-13-20)16-23-21(25)22-15-14-18-8-6-5-7-9-18/h5-13H,3-4,14-17H2,1-2H3,(H2,22,23,25). The van der Waals surface area contributed by atoms with Crippen molar-refractivity contribution < 1.29 is 0 Å². The third-order valence-electron chi connectivity index (χ3n) is 4.32. The molecule has 2 aromatic rings. The van der Waals surface area contributed by atoms with Gasteiger partial charge in [0.05, 0.1) is 0 Å². The van der Waals surface area contributed by atoms with Crippen molar-refractivity contribution in [2.75, 3.05) is 19.6 Å². The van der Waals surface area contributed by atoms with Gasteiger partial charge in [0.1, 0.15) is 0 Å². The first-order valence-corrected chi connectivity index (χ1v) is 9.48. The summed E-state index contributed by atoms with van der Waals surface area (Å²) >= 11 is 5.35. The smallest absolute Gasteiger partial charge is 0.166 e. The monoisotopic (exact) mass is 355 g/mol. The van der Waals surface area contributed by atoms with E-state index >= 15 is 0 Å². The van der Waals surface area contributed by atoms with Gasteiger partial charge in [-0.05, 0) is 48.4 Å². The molecular formula is C21H29N3S. The summed E-state index contributed by atoms with van der Waals surface area (Å²) in [7, 11) is 0. The molecule has 0 radical (unpaired) electrons. The Morgan fingerprint density at radius 1 is 0.840 bits per heavy atom. The van der Waals surface area contributed by atoms with E-state index in [0.717, 1.165) is 39.1 Å². The van der Waals surface area contributed by atoms with Crippen LogP contribution in [0.5, 0.6) is 0 Å². The first kappa shape index (κ1) is 19.4. The van der Waals surface area contributed by atoms with Crippen molar-refractivity contribution in [1.29, 1.82) is 0 Å². The van der Waals surface area contributed by atoms with Crippen LogP contribution in [0.15, 0.2) is 54.6 Å². The minimum absolute atomic E-state index is 0.711. The van der Waals surface area contributed by atoms with Crippen molar-refractivity contribution >= 4 is 17.3 Å². The molecule has 0 fully saturated rings. The minimum atomic E-state index is 0.711. The number of rotatable bonds is 9. The molecule has 0 atom stereocenters. The summed E-state index contributed by atoms with van der Waals surface area (Å²) in [6.07, 6.45) is 0.975. The zero-order chi connectivity index (χ0) is 17.9. The molecule has 2 N–H and O–H groups in total. The van der Waals surface area contributed by atoms with Crippen LogP contribution < -0.4 is 10.6 Å². The van der Waals surface area contributed by atoms with Crippen LogP contribution in [0, 0.1) is 0 Å². The highest BCUT2D eigenvalue weighted by molar-refractivity contribution is 7.80. The average molecular weight is 356 g/mol. The largest absolute Gasteiger partial charge is 0.362 e. The van der Waals surface area contributed by atoms with E-state index in [0.29, 0.717) is 5.11 Å². The minimum Gasteiger partial charge on any atom is -0.362 e. The molecule has 25 heavy (non-hydrogen) atoms. The summed E-state index contributed by atoms with van der Waals surface area (Å²) in [5.41, 5.74) is 3.92. The Labute approximate surface area is 157 Å². The average Bonchev–Trinajstić information content (AvgIpc) is 2.66. The van der Waals surface area contributed by atoms with E-state index in [1.54, 1.807) is 0 Å². The molecule has 3 nitrogen and oxygen atoms in total. The zero-order valence-corrected chi connectivity index (χ0v) is 16.1. The highest BCUT2D eigenvalue weighted by atomic mass is 32.1. The molecule has 0 aromatic heterocycles. The molecule has 134 valence electrons. The highest BCUT2D eigenvalue weighted by Crippen LogP contribution is 2.07. The normalized spacial score (nSPS) is 10.7. The van der Waals surface area contributed by atoms with Gasteiger partial charge in [-0.3, -0.25) is 4.90 Å². The van der Waals surface area contributed by atoms with E-state index in [2.05, 4.69) is 77.9 Å². The summed E-state index contributed by atoms with van der Waals surface area (Å²) in [4.78, 5) is 2.42. The van der Waals surface area contributed by atoms with E-state index in [-0.39, 0.29) is 0 Å². The van der Waals surface area contributed by atoms with Crippen LogP contribution in [-0.2, 0) is 19.5 Å². The molecule has 4 heteroatoms. The topological polar surface area (TPSA) is 27.3 Å². The van der Waals surface area contributed by atoms with Crippen molar-refractivity contribution in [3.8, 4) is 0 Å². The lowest BCUT2D eigenvalue weighted by molar-refractivity contribution is 0.296. The van der Waals surface area contributed by atoms with Gasteiger partial charge in [-0.15, -0.1) is 0 Å². The van der Waals surface area contributed by atoms with Crippen LogP contribution in [0.2, 0.25) is 0 Å². The first-order valence-electron chi connectivity index (χ1n) is 9.07. The molecule has 0 bridgehead atoms. The van der Waals surface area contributed by atoms with Crippen molar-refractivity contribution in [1.82, 2.24) is 15.5 Å². The van der Waals surface area contributed by atoms with Crippen LogP contribution in [0.4, 0.5) is 0 Å². The van der Waals surface area contributed by atoms with Gasteiger partial charge in [0, 0.05) is 19.6 Å². The Balaban J connectivity index is 1.69. The molecule has 0 heterocycles. The van der Waals surface area contributed by atoms with Gasteiger partial charge in [0.2, 0.25) is 0 Å². The summed E-state index contributed by atoms with van der Waals surface area (Å²) in [5.74, 6) is 0. The maximum Gasteiger partial charge on any atom is 0.166 e. The van der Waals surface area contributed by atoms with Crippen LogP contribution in [0.3, 0.4) is 0 Å². The van der Waals surface area contributed by atoms with Gasteiger partial charge in [0.25, 0.3) is 0 Å². The van der Waals surface area contributed by atoms with E-state index in [1.165, 1.54) is 16.7 Å². The highest BCUT2D eigenvalue weighted by Gasteiger charge is 2.02. The molecule has 2 aromatic carbocycles. The van der Waals surface area contributed by atoms with E-state index in [9.17, 15) is 0 Å². The molecule has 2 rings (SSSR count). The van der Waals surface area contributed by atoms with E-state index < -0.39 is 0 Å². The molecule has 0 saturated heterocycles. The SMILES string of the molecule is CCN(CC)Cc1ccc(CNC(=S)NCCc2ccccc2)cc1. The predicted molar refractivity (Wildman–Crippen MR) is 111 cm³/mol. The third kappa shape index (κ3) is 7.24. The molecule has 0 unspecified atom stereocenters. The number of hydrogen-bond donors (Lipinski definition) is 2. The Morgan fingerprint density at radius 3 is 2.12 bits per heavy atom. The Kier molecular flexibility index (Phi) is 8.43. The van der Waals surface area contributed by atoms with Crippen LogP contribution >= 0.6 is 12.2 Å². The van der Waals surface area contributed by atoms with Crippen LogP contribution in [0.25, 0.3) is 0 Å².